The maximum Gasteiger partial charge on any atom is 0.191 e. The topological polar surface area (TPSA) is 58.8 Å². The van der Waals surface area contributed by atoms with Crippen molar-refractivity contribution in [3.63, 3.8) is 0 Å². The molecule has 0 bridgehead atoms. The number of nitrogens with zero attached hydrogens (tertiary/aromatic N) is 1. The van der Waals surface area contributed by atoms with E-state index in [1.165, 1.54) is 25.7 Å². The molecule has 1 heterocycles. The minimum Gasteiger partial charge on any atom is -0.469 e. The van der Waals surface area contributed by atoms with E-state index < -0.39 is 0 Å². The molecule has 1 aromatic rings. The van der Waals surface area contributed by atoms with E-state index in [9.17, 15) is 0 Å². The summed E-state index contributed by atoms with van der Waals surface area (Å²) in [6.07, 6.45) is 9.89. The molecule has 5 nitrogen and oxygen atoms in total. The second-order valence-corrected chi connectivity index (χ2v) is 6.02. The van der Waals surface area contributed by atoms with Gasteiger partial charge in [-0.15, -0.1) is 0 Å². The second kappa shape index (κ2) is 11.1. The van der Waals surface area contributed by atoms with Crippen LogP contribution in [-0.2, 0) is 11.2 Å². The Labute approximate surface area is 139 Å². The van der Waals surface area contributed by atoms with Crippen molar-refractivity contribution in [2.45, 2.75) is 57.9 Å². The van der Waals surface area contributed by atoms with E-state index >= 15 is 0 Å². The van der Waals surface area contributed by atoms with Crippen molar-refractivity contribution < 1.29 is 9.15 Å². The fourth-order valence-corrected chi connectivity index (χ4v) is 2.83. The molecule has 1 fully saturated rings. The summed E-state index contributed by atoms with van der Waals surface area (Å²) in [5.74, 6) is 1.95. The van der Waals surface area contributed by atoms with Crippen LogP contribution in [0.25, 0.3) is 0 Å². The fraction of sp³-hybridized carbons (Fsp3) is 0.722. The zero-order valence-electron chi connectivity index (χ0n) is 14.4. The maximum absolute atomic E-state index is 5.37. The normalized spacial score (nSPS) is 16.0. The number of ether oxygens (including phenoxy) is 1. The molecule has 0 atom stereocenters. The predicted octanol–water partition coefficient (Wildman–Crippen LogP) is 3.12. The highest BCUT2D eigenvalue weighted by atomic mass is 16.5. The van der Waals surface area contributed by atoms with E-state index in [1.807, 2.05) is 19.1 Å². The Morgan fingerprint density at radius 2 is 2.22 bits per heavy atom. The number of rotatable bonds is 10. The molecule has 130 valence electrons. The lowest BCUT2D eigenvalue weighted by atomic mass is 10.2. The van der Waals surface area contributed by atoms with Crippen molar-refractivity contribution in [3.05, 3.63) is 24.2 Å². The third kappa shape index (κ3) is 7.55. The van der Waals surface area contributed by atoms with Gasteiger partial charge in [0.15, 0.2) is 5.96 Å². The summed E-state index contributed by atoms with van der Waals surface area (Å²) in [6, 6.07) is 4.52. The van der Waals surface area contributed by atoms with Gasteiger partial charge in [0.05, 0.1) is 6.26 Å². The van der Waals surface area contributed by atoms with Gasteiger partial charge in [-0.05, 0) is 44.7 Å². The number of nitrogens with one attached hydrogen (secondary N) is 2. The molecule has 2 rings (SSSR count). The van der Waals surface area contributed by atoms with E-state index in [0.29, 0.717) is 6.04 Å². The lowest BCUT2D eigenvalue weighted by Gasteiger charge is -2.17. The molecule has 0 aromatic carbocycles. The van der Waals surface area contributed by atoms with Gasteiger partial charge in [0, 0.05) is 38.8 Å². The average Bonchev–Trinajstić information content (AvgIpc) is 3.24. The van der Waals surface area contributed by atoms with Crippen LogP contribution in [0.3, 0.4) is 0 Å². The first-order valence-corrected chi connectivity index (χ1v) is 9.03. The fourth-order valence-electron chi connectivity index (χ4n) is 2.83. The highest BCUT2D eigenvalue weighted by Gasteiger charge is 2.15. The molecule has 1 aliphatic rings. The minimum absolute atomic E-state index is 0.577. The van der Waals surface area contributed by atoms with Crippen molar-refractivity contribution in [2.75, 3.05) is 26.3 Å². The van der Waals surface area contributed by atoms with Crippen LogP contribution in [0.4, 0.5) is 0 Å². The summed E-state index contributed by atoms with van der Waals surface area (Å²) < 4.78 is 10.7. The van der Waals surface area contributed by atoms with Crippen molar-refractivity contribution in [2.24, 2.45) is 4.99 Å². The Kier molecular flexibility index (Phi) is 8.62. The first kappa shape index (κ1) is 17.9. The van der Waals surface area contributed by atoms with Crippen LogP contribution in [0.1, 0.15) is 51.2 Å². The molecular weight excluding hydrogens is 290 g/mol. The smallest absolute Gasteiger partial charge is 0.191 e. The molecule has 1 saturated carbocycles. The van der Waals surface area contributed by atoms with Crippen LogP contribution >= 0.6 is 0 Å². The lowest BCUT2D eigenvalue weighted by molar-refractivity contribution is 0.144. The molecule has 5 heteroatoms. The zero-order valence-corrected chi connectivity index (χ0v) is 14.4. The largest absolute Gasteiger partial charge is 0.469 e. The number of furan rings is 1. The van der Waals surface area contributed by atoms with Crippen molar-refractivity contribution >= 4 is 5.96 Å². The van der Waals surface area contributed by atoms with E-state index in [-0.39, 0.29) is 0 Å². The summed E-state index contributed by atoms with van der Waals surface area (Å²) >= 11 is 0. The van der Waals surface area contributed by atoms with Crippen molar-refractivity contribution in [1.82, 2.24) is 10.6 Å². The van der Waals surface area contributed by atoms with Gasteiger partial charge in [-0.2, -0.15) is 0 Å². The molecule has 0 spiro atoms. The van der Waals surface area contributed by atoms with Crippen molar-refractivity contribution in [3.8, 4) is 0 Å². The summed E-state index contributed by atoms with van der Waals surface area (Å²) in [5, 5.41) is 7.01. The van der Waals surface area contributed by atoms with Gasteiger partial charge >= 0.3 is 0 Å². The van der Waals surface area contributed by atoms with E-state index in [0.717, 1.165) is 57.3 Å². The standard InChI is InChI=1S/C18H31N3O2/c1-2-22-14-6-5-12-19-18(21-16-8-3-4-9-16)20-13-11-17-10-7-15-23-17/h7,10,15-16H,2-6,8-9,11-14H2,1H3,(H2,19,20,21). The summed E-state index contributed by atoms with van der Waals surface area (Å²) in [7, 11) is 0. The molecule has 0 amide bonds. The lowest BCUT2D eigenvalue weighted by Crippen LogP contribution is -2.43. The number of hydrogen-bond donors (Lipinski definition) is 2. The molecule has 23 heavy (non-hydrogen) atoms. The van der Waals surface area contributed by atoms with Gasteiger partial charge in [-0.1, -0.05) is 12.8 Å². The molecular formula is C18H31N3O2. The Morgan fingerprint density at radius 3 is 2.96 bits per heavy atom. The monoisotopic (exact) mass is 321 g/mol. The Bertz CT molecular complexity index is 425. The Balaban J connectivity index is 1.71. The average molecular weight is 321 g/mol. The Morgan fingerprint density at radius 1 is 1.35 bits per heavy atom. The third-order valence-corrected chi connectivity index (χ3v) is 4.11. The molecule has 1 aromatic heterocycles. The van der Waals surface area contributed by atoms with E-state index in [2.05, 4.69) is 10.6 Å². The van der Waals surface area contributed by atoms with Crippen LogP contribution < -0.4 is 10.6 Å². The van der Waals surface area contributed by atoms with Gasteiger partial charge in [0.2, 0.25) is 0 Å². The number of unbranched alkanes of at least 4 members (excludes halogenated alkanes) is 1. The van der Waals surface area contributed by atoms with Crippen LogP contribution in [0.5, 0.6) is 0 Å². The molecule has 1 aliphatic carbocycles. The van der Waals surface area contributed by atoms with Crippen LogP contribution in [-0.4, -0.2) is 38.3 Å². The molecule has 2 N–H and O–H groups in total. The van der Waals surface area contributed by atoms with Gasteiger partial charge in [0.25, 0.3) is 0 Å². The SMILES string of the molecule is CCOCCCCN=C(NCCc1ccco1)NC1CCCC1. The molecule has 0 unspecified atom stereocenters. The van der Waals surface area contributed by atoms with Crippen LogP contribution in [0.2, 0.25) is 0 Å². The minimum atomic E-state index is 0.577. The molecule has 0 aliphatic heterocycles. The predicted molar refractivity (Wildman–Crippen MR) is 93.8 cm³/mol. The highest BCUT2D eigenvalue weighted by molar-refractivity contribution is 5.80. The highest BCUT2D eigenvalue weighted by Crippen LogP contribution is 2.17. The zero-order chi connectivity index (χ0) is 16.2. The molecule has 0 radical (unpaired) electrons. The van der Waals surface area contributed by atoms with Crippen LogP contribution in [0, 0.1) is 0 Å². The summed E-state index contributed by atoms with van der Waals surface area (Å²) in [5.41, 5.74) is 0. The van der Waals surface area contributed by atoms with Gasteiger partial charge < -0.3 is 19.8 Å². The maximum atomic E-state index is 5.37. The van der Waals surface area contributed by atoms with Crippen molar-refractivity contribution in [1.29, 1.82) is 0 Å². The second-order valence-electron chi connectivity index (χ2n) is 6.02. The number of guanidine groups is 1. The summed E-state index contributed by atoms with van der Waals surface area (Å²) in [4.78, 5) is 4.71. The Hall–Kier alpha value is -1.49. The van der Waals surface area contributed by atoms with Gasteiger partial charge in [0.1, 0.15) is 5.76 Å². The third-order valence-electron chi connectivity index (χ3n) is 4.11. The number of hydrogen-bond acceptors (Lipinski definition) is 3. The first-order valence-electron chi connectivity index (χ1n) is 9.03. The number of aliphatic imine (C=N–C) groups is 1. The molecule has 0 saturated heterocycles. The van der Waals surface area contributed by atoms with Crippen LogP contribution in [0.15, 0.2) is 27.8 Å². The first-order chi connectivity index (χ1) is 11.4. The summed E-state index contributed by atoms with van der Waals surface area (Å²) in [6.45, 7) is 5.35. The van der Waals surface area contributed by atoms with Gasteiger partial charge in [-0.3, -0.25) is 4.99 Å². The van der Waals surface area contributed by atoms with Gasteiger partial charge in [-0.25, -0.2) is 0 Å². The van der Waals surface area contributed by atoms with E-state index in [4.69, 9.17) is 14.1 Å². The van der Waals surface area contributed by atoms with E-state index in [1.54, 1.807) is 6.26 Å². The quantitative estimate of drug-likeness (QED) is 0.395.